The molecule has 2 heterocycles. The van der Waals surface area contributed by atoms with Crippen molar-refractivity contribution in [2.24, 2.45) is 0 Å². The Balaban J connectivity index is 1.71. The van der Waals surface area contributed by atoms with Gasteiger partial charge in [-0.15, -0.1) is 0 Å². The Bertz CT molecular complexity index is 707. The molecule has 25 heavy (non-hydrogen) atoms. The Morgan fingerprint density at radius 3 is 2.72 bits per heavy atom. The minimum atomic E-state index is -0.331. The topological polar surface area (TPSA) is 70.4 Å². The van der Waals surface area contributed by atoms with Gasteiger partial charge in [-0.2, -0.15) is 0 Å². The molecule has 0 bridgehead atoms. The van der Waals surface area contributed by atoms with E-state index in [-0.39, 0.29) is 11.9 Å². The number of rotatable bonds is 6. The predicted molar refractivity (Wildman–Crippen MR) is 100 cm³/mol. The molecule has 0 spiro atoms. The molecule has 1 saturated heterocycles. The molecule has 6 heteroatoms. The molecule has 6 nitrogen and oxygen atoms in total. The Morgan fingerprint density at radius 1 is 1.28 bits per heavy atom. The number of hydrogen-bond donors (Lipinski definition) is 2. The molecule has 1 aromatic heterocycles. The van der Waals surface area contributed by atoms with Gasteiger partial charge >= 0.3 is 0 Å². The second-order valence-electron chi connectivity index (χ2n) is 6.48. The van der Waals surface area contributed by atoms with Crippen LogP contribution in [0.1, 0.15) is 38.4 Å². The summed E-state index contributed by atoms with van der Waals surface area (Å²) in [7, 11) is 0. The maximum absolute atomic E-state index is 12.6. The summed E-state index contributed by atoms with van der Waals surface area (Å²) in [6.07, 6.45) is 4.41. The molecular formula is C19H26N4O2. The van der Waals surface area contributed by atoms with Crippen LogP contribution >= 0.6 is 0 Å². The van der Waals surface area contributed by atoms with Crippen molar-refractivity contribution in [1.29, 1.82) is 0 Å². The van der Waals surface area contributed by atoms with Gasteiger partial charge < -0.3 is 20.1 Å². The van der Waals surface area contributed by atoms with E-state index in [4.69, 9.17) is 4.52 Å². The van der Waals surface area contributed by atoms with Gasteiger partial charge in [-0.3, -0.25) is 4.79 Å². The van der Waals surface area contributed by atoms with Gasteiger partial charge in [0.05, 0.1) is 11.4 Å². The van der Waals surface area contributed by atoms with Crippen LogP contribution in [0.5, 0.6) is 0 Å². The first-order chi connectivity index (χ1) is 12.2. The lowest BCUT2D eigenvalue weighted by atomic mass is 10.1. The van der Waals surface area contributed by atoms with Gasteiger partial charge in [-0.25, -0.2) is 0 Å². The summed E-state index contributed by atoms with van der Waals surface area (Å²) in [5, 5.41) is 10.0. The normalized spacial score (nSPS) is 15.7. The molecule has 1 aliphatic heterocycles. The summed E-state index contributed by atoms with van der Waals surface area (Å²) in [4.78, 5) is 15.0. The molecular weight excluding hydrogens is 316 g/mol. The van der Waals surface area contributed by atoms with Gasteiger partial charge in [0.2, 0.25) is 5.91 Å². The molecule has 0 aliphatic carbocycles. The molecule has 2 N–H and O–H groups in total. The second kappa shape index (κ2) is 8.05. The van der Waals surface area contributed by atoms with Crippen LogP contribution in [0.15, 0.2) is 34.9 Å². The lowest BCUT2D eigenvalue weighted by Crippen LogP contribution is -2.35. The summed E-state index contributed by atoms with van der Waals surface area (Å²) in [5.41, 5.74) is 2.17. The molecule has 1 fully saturated rings. The zero-order chi connectivity index (χ0) is 17.6. The third-order valence-corrected chi connectivity index (χ3v) is 4.53. The molecule has 1 aromatic carbocycles. The third-order valence-electron chi connectivity index (χ3n) is 4.53. The van der Waals surface area contributed by atoms with Crippen LogP contribution < -0.4 is 15.5 Å². The zero-order valence-electron chi connectivity index (χ0n) is 14.9. The van der Waals surface area contributed by atoms with Crippen LogP contribution in [0.4, 0.5) is 17.2 Å². The van der Waals surface area contributed by atoms with Gasteiger partial charge in [0, 0.05) is 19.2 Å². The second-order valence-corrected chi connectivity index (χ2v) is 6.48. The Hall–Kier alpha value is -2.50. The number of carbonyl (C=O) groups excluding carboxylic acids is 1. The molecule has 0 radical (unpaired) electrons. The van der Waals surface area contributed by atoms with Gasteiger partial charge in [-0.1, -0.05) is 24.2 Å². The molecule has 134 valence electrons. The number of nitrogens with zero attached hydrogens (tertiary/aromatic N) is 2. The van der Waals surface area contributed by atoms with E-state index in [0.717, 1.165) is 18.8 Å². The predicted octanol–water partition coefficient (Wildman–Crippen LogP) is 3.80. The molecule has 1 aliphatic rings. The van der Waals surface area contributed by atoms with Crippen molar-refractivity contribution >= 4 is 23.1 Å². The van der Waals surface area contributed by atoms with E-state index in [1.165, 1.54) is 24.9 Å². The zero-order valence-corrected chi connectivity index (χ0v) is 14.9. The summed E-state index contributed by atoms with van der Waals surface area (Å²) >= 11 is 0. The van der Waals surface area contributed by atoms with Crippen LogP contribution in [0.25, 0.3) is 0 Å². The van der Waals surface area contributed by atoms with Crippen molar-refractivity contribution in [3.63, 3.8) is 0 Å². The van der Waals surface area contributed by atoms with Crippen LogP contribution in [0, 0.1) is 6.92 Å². The van der Waals surface area contributed by atoms with Crippen molar-refractivity contribution in [3.8, 4) is 0 Å². The highest BCUT2D eigenvalue weighted by Crippen LogP contribution is 2.29. The summed E-state index contributed by atoms with van der Waals surface area (Å²) in [6, 6.07) is 9.60. The van der Waals surface area contributed by atoms with Crippen molar-refractivity contribution < 1.29 is 9.32 Å². The molecule has 3 rings (SSSR count). The van der Waals surface area contributed by atoms with E-state index in [9.17, 15) is 4.79 Å². The number of aromatic nitrogens is 1. The average Bonchev–Trinajstić information content (AvgIpc) is 3.05. The van der Waals surface area contributed by atoms with Crippen LogP contribution in [0.3, 0.4) is 0 Å². The van der Waals surface area contributed by atoms with Crippen LogP contribution in [-0.4, -0.2) is 30.2 Å². The number of hydrogen-bond acceptors (Lipinski definition) is 5. The highest BCUT2D eigenvalue weighted by atomic mass is 16.5. The van der Waals surface area contributed by atoms with E-state index in [2.05, 4.69) is 26.8 Å². The monoisotopic (exact) mass is 342 g/mol. The van der Waals surface area contributed by atoms with Gasteiger partial charge in [0.1, 0.15) is 11.8 Å². The van der Waals surface area contributed by atoms with E-state index in [0.29, 0.717) is 18.0 Å². The maximum atomic E-state index is 12.6. The number of anilines is 3. The Morgan fingerprint density at radius 2 is 2.04 bits per heavy atom. The lowest BCUT2D eigenvalue weighted by Gasteiger charge is -2.31. The smallest absolute Gasteiger partial charge is 0.248 e. The highest BCUT2D eigenvalue weighted by Gasteiger charge is 2.21. The third kappa shape index (κ3) is 4.32. The molecule has 0 saturated carbocycles. The fourth-order valence-corrected chi connectivity index (χ4v) is 3.19. The maximum Gasteiger partial charge on any atom is 0.248 e. The minimum Gasteiger partial charge on any atom is -0.372 e. The quantitative estimate of drug-likeness (QED) is 0.835. The van der Waals surface area contributed by atoms with Gasteiger partial charge in [0.25, 0.3) is 0 Å². The summed E-state index contributed by atoms with van der Waals surface area (Å²) < 4.78 is 5.00. The first kappa shape index (κ1) is 17.3. The van der Waals surface area contributed by atoms with Crippen LogP contribution in [-0.2, 0) is 4.79 Å². The highest BCUT2D eigenvalue weighted by molar-refractivity contribution is 5.96. The van der Waals surface area contributed by atoms with Crippen molar-refractivity contribution in [2.75, 3.05) is 28.6 Å². The molecule has 1 atom stereocenters. The van der Waals surface area contributed by atoms with E-state index in [1.54, 1.807) is 13.0 Å². The summed E-state index contributed by atoms with van der Waals surface area (Å²) in [6.45, 7) is 5.93. The number of carbonyl (C=O) groups is 1. The molecule has 1 unspecified atom stereocenters. The van der Waals surface area contributed by atoms with E-state index < -0.39 is 0 Å². The fourth-order valence-electron chi connectivity index (χ4n) is 3.19. The minimum absolute atomic E-state index is 0.107. The first-order valence-electron chi connectivity index (χ1n) is 9.02. The number of nitrogens with one attached hydrogen (secondary N) is 2. The lowest BCUT2D eigenvalue weighted by molar-refractivity contribution is -0.117. The van der Waals surface area contributed by atoms with Crippen molar-refractivity contribution in [3.05, 3.63) is 36.1 Å². The van der Waals surface area contributed by atoms with Crippen LogP contribution in [0.2, 0.25) is 0 Å². The summed E-state index contributed by atoms with van der Waals surface area (Å²) in [5.74, 6) is 1.02. The van der Waals surface area contributed by atoms with Crippen molar-refractivity contribution in [1.82, 2.24) is 5.16 Å². The standard InChI is InChI=1S/C19H26N4O2/c1-3-15(19(24)21-18-13-14(2)25-22-18)20-16-9-5-6-10-17(16)23-11-7-4-8-12-23/h5-6,9-10,13,15,20H,3-4,7-8,11-12H2,1-2H3,(H,21,22,24). The number of aryl methyl sites for hydroxylation is 1. The number of benzene rings is 1. The molecule has 2 aromatic rings. The van der Waals surface area contributed by atoms with E-state index >= 15 is 0 Å². The molecule has 1 amide bonds. The SMILES string of the molecule is CCC(Nc1ccccc1N1CCCCC1)C(=O)Nc1cc(C)on1. The number of amides is 1. The fraction of sp³-hybridized carbons (Fsp3) is 0.474. The average molecular weight is 342 g/mol. The number of para-hydroxylation sites is 2. The van der Waals surface area contributed by atoms with Gasteiger partial charge in [0.15, 0.2) is 5.82 Å². The Labute approximate surface area is 148 Å². The first-order valence-corrected chi connectivity index (χ1v) is 9.02. The Kier molecular flexibility index (Phi) is 5.58. The van der Waals surface area contributed by atoms with Crippen molar-refractivity contribution in [2.45, 2.75) is 45.6 Å². The van der Waals surface area contributed by atoms with Gasteiger partial charge in [-0.05, 0) is 44.7 Å². The largest absolute Gasteiger partial charge is 0.372 e. The number of piperidine rings is 1. The van der Waals surface area contributed by atoms with E-state index in [1.807, 2.05) is 25.1 Å².